The minimum Gasteiger partial charge on any atom is -0.491 e. The maximum absolute atomic E-state index is 12.6. The Morgan fingerprint density at radius 1 is 1.31 bits per heavy atom. The summed E-state index contributed by atoms with van der Waals surface area (Å²) in [7, 11) is 0. The molecule has 0 radical (unpaired) electrons. The molecule has 0 bridgehead atoms. The Morgan fingerprint density at radius 3 is 2.69 bits per heavy atom. The Morgan fingerprint density at radius 2 is 2.04 bits per heavy atom. The van der Waals surface area contributed by atoms with Crippen LogP contribution >= 0.6 is 11.3 Å². The number of aliphatic carboxylic acids is 1. The van der Waals surface area contributed by atoms with Gasteiger partial charge in [0.25, 0.3) is 5.91 Å². The van der Waals surface area contributed by atoms with E-state index in [0.29, 0.717) is 25.1 Å². The van der Waals surface area contributed by atoms with Crippen LogP contribution in [-0.4, -0.2) is 46.1 Å². The van der Waals surface area contributed by atoms with Crippen LogP contribution < -0.4 is 4.74 Å². The molecule has 6 nitrogen and oxygen atoms in total. The molecular weight excluding hydrogens is 352 g/mol. The Balaban J connectivity index is 1.71. The highest BCUT2D eigenvalue weighted by molar-refractivity contribution is 7.13. The number of hydrogen-bond acceptors (Lipinski definition) is 5. The maximum Gasteiger partial charge on any atom is 0.308 e. The SMILES string of the molecule is CC(C)Oc1ccc(-c2nc(C(=O)N3CCCC(C(=O)O)C3)cs2)cc1. The van der Waals surface area contributed by atoms with Crippen molar-refractivity contribution in [2.75, 3.05) is 13.1 Å². The monoisotopic (exact) mass is 374 g/mol. The van der Waals surface area contributed by atoms with E-state index in [4.69, 9.17) is 4.74 Å². The summed E-state index contributed by atoms with van der Waals surface area (Å²) in [5, 5.41) is 11.7. The van der Waals surface area contributed by atoms with E-state index in [1.54, 1.807) is 10.3 Å². The van der Waals surface area contributed by atoms with Gasteiger partial charge in [-0.15, -0.1) is 11.3 Å². The van der Waals surface area contributed by atoms with E-state index >= 15 is 0 Å². The molecule has 0 spiro atoms. The summed E-state index contributed by atoms with van der Waals surface area (Å²) in [5.41, 5.74) is 1.30. The number of amides is 1. The zero-order chi connectivity index (χ0) is 18.7. The molecule has 2 heterocycles. The summed E-state index contributed by atoms with van der Waals surface area (Å²) in [6, 6.07) is 7.62. The fourth-order valence-corrected chi connectivity index (χ4v) is 3.78. The Bertz CT molecular complexity index is 785. The van der Waals surface area contributed by atoms with Crippen LogP contribution in [0.25, 0.3) is 10.6 Å². The van der Waals surface area contributed by atoms with Gasteiger partial charge >= 0.3 is 5.97 Å². The van der Waals surface area contributed by atoms with E-state index < -0.39 is 11.9 Å². The topological polar surface area (TPSA) is 79.7 Å². The van der Waals surface area contributed by atoms with E-state index in [2.05, 4.69) is 4.98 Å². The zero-order valence-electron chi connectivity index (χ0n) is 14.8. The predicted molar refractivity (Wildman–Crippen MR) is 99.6 cm³/mol. The summed E-state index contributed by atoms with van der Waals surface area (Å²) in [4.78, 5) is 29.9. The molecule has 1 N–H and O–H groups in total. The highest BCUT2D eigenvalue weighted by Gasteiger charge is 2.29. The number of nitrogens with zero attached hydrogens (tertiary/aromatic N) is 2. The minimum absolute atomic E-state index is 0.115. The summed E-state index contributed by atoms with van der Waals surface area (Å²) in [6.45, 7) is 4.78. The molecule has 1 amide bonds. The predicted octanol–water partition coefficient (Wildman–Crippen LogP) is 3.53. The molecule has 1 saturated heterocycles. The third kappa shape index (κ3) is 4.22. The van der Waals surface area contributed by atoms with Crippen LogP contribution in [0.15, 0.2) is 29.6 Å². The molecule has 1 atom stereocenters. The van der Waals surface area contributed by atoms with Crippen molar-refractivity contribution < 1.29 is 19.4 Å². The Kier molecular flexibility index (Phi) is 5.56. The quantitative estimate of drug-likeness (QED) is 0.866. The number of carbonyl (C=O) groups is 2. The number of likely N-dealkylation sites (tertiary alicyclic amines) is 1. The normalized spacial score (nSPS) is 17.3. The molecule has 0 aliphatic carbocycles. The minimum atomic E-state index is -0.842. The molecule has 2 aromatic rings. The first-order chi connectivity index (χ1) is 12.4. The number of carboxylic acid groups (broad SMARTS) is 1. The van der Waals surface area contributed by atoms with Gasteiger partial charge in [-0.3, -0.25) is 9.59 Å². The molecule has 1 aliphatic heterocycles. The maximum atomic E-state index is 12.6. The fourth-order valence-electron chi connectivity index (χ4n) is 2.98. The van der Waals surface area contributed by atoms with E-state index in [0.717, 1.165) is 16.3 Å². The largest absolute Gasteiger partial charge is 0.491 e. The second-order valence-corrected chi connectivity index (χ2v) is 7.52. The van der Waals surface area contributed by atoms with Crippen LogP contribution in [0.1, 0.15) is 37.2 Å². The van der Waals surface area contributed by atoms with Gasteiger partial charge < -0.3 is 14.7 Å². The third-order valence-electron chi connectivity index (χ3n) is 4.25. The van der Waals surface area contributed by atoms with E-state index in [9.17, 15) is 14.7 Å². The summed E-state index contributed by atoms with van der Waals surface area (Å²) >= 11 is 1.41. The first-order valence-corrected chi connectivity index (χ1v) is 9.56. The molecule has 26 heavy (non-hydrogen) atoms. The van der Waals surface area contributed by atoms with Crippen LogP contribution in [-0.2, 0) is 4.79 Å². The van der Waals surface area contributed by atoms with E-state index in [1.807, 2.05) is 38.1 Å². The van der Waals surface area contributed by atoms with Gasteiger partial charge in [-0.2, -0.15) is 0 Å². The highest BCUT2D eigenvalue weighted by Crippen LogP contribution is 2.27. The van der Waals surface area contributed by atoms with Gasteiger partial charge in [0.1, 0.15) is 16.5 Å². The second-order valence-electron chi connectivity index (χ2n) is 6.66. The average molecular weight is 374 g/mol. The number of carboxylic acids is 1. The molecule has 3 rings (SSSR count). The molecule has 1 aromatic heterocycles. The van der Waals surface area contributed by atoms with Crippen molar-refractivity contribution in [1.29, 1.82) is 0 Å². The standard InChI is InChI=1S/C19H22N2O4S/c1-12(2)25-15-7-5-13(6-8-15)17-20-16(11-26-17)18(22)21-9-3-4-14(10-21)19(23)24/h5-8,11-12,14H,3-4,9-10H2,1-2H3,(H,23,24). The number of thiazole rings is 1. The molecular formula is C19H22N2O4S. The van der Waals surface area contributed by atoms with E-state index in [1.165, 1.54) is 11.3 Å². The lowest BCUT2D eigenvalue weighted by Gasteiger charge is -2.30. The summed E-state index contributed by atoms with van der Waals surface area (Å²) in [6.07, 6.45) is 1.44. The molecule has 7 heteroatoms. The zero-order valence-corrected chi connectivity index (χ0v) is 15.7. The molecule has 1 unspecified atom stereocenters. The smallest absolute Gasteiger partial charge is 0.308 e. The van der Waals surface area contributed by atoms with Gasteiger partial charge in [-0.25, -0.2) is 4.98 Å². The molecule has 138 valence electrons. The number of rotatable bonds is 5. The van der Waals surface area contributed by atoms with Gasteiger partial charge in [0.05, 0.1) is 12.0 Å². The Labute approximate surface area is 156 Å². The van der Waals surface area contributed by atoms with Gasteiger partial charge in [0, 0.05) is 24.0 Å². The lowest BCUT2D eigenvalue weighted by Crippen LogP contribution is -2.42. The van der Waals surface area contributed by atoms with E-state index in [-0.39, 0.29) is 18.6 Å². The van der Waals surface area contributed by atoms with Crippen LogP contribution in [0.3, 0.4) is 0 Å². The van der Waals surface area contributed by atoms with Crippen LogP contribution in [0, 0.1) is 5.92 Å². The van der Waals surface area contributed by atoms with Crippen molar-refractivity contribution >= 4 is 23.2 Å². The number of piperidine rings is 1. The lowest BCUT2D eigenvalue weighted by atomic mass is 9.98. The Hall–Kier alpha value is -2.41. The van der Waals surface area contributed by atoms with Crippen molar-refractivity contribution in [2.45, 2.75) is 32.8 Å². The first-order valence-electron chi connectivity index (χ1n) is 8.68. The van der Waals surface area contributed by atoms with Crippen molar-refractivity contribution in [3.8, 4) is 16.3 Å². The van der Waals surface area contributed by atoms with Crippen LogP contribution in [0.2, 0.25) is 0 Å². The first kappa shape index (κ1) is 18.4. The second kappa shape index (κ2) is 7.86. The number of benzene rings is 1. The van der Waals surface area contributed by atoms with Gasteiger partial charge in [-0.1, -0.05) is 0 Å². The number of carbonyl (C=O) groups excluding carboxylic acids is 1. The van der Waals surface area contributed by atoms with Gasteiger partial charge in [0.15, 0.2) is 0 Å². The summed E-state index contributed by atoms with van der Waals surface area (Å²) < 4.78 is 5.63. The lowest BCUT2D eigenvalue weighted by molar-refractivity contribution is -0.143. The number of aromatic nitrogens is 1. The molecule has 1 aliphatic rings. The number of ether oxygens (including phenoxy) is 1. The van der Waals surface area contributed by atoms with Crippen LogP contribution in [0.5, 0.6) is 5.75 Å². The van der Waals surface area contributed by atoms with Crippen molar-refractivity contribution in [3.63, 3.8) is 0 Å². The molecule has 0 saturated carbocycles. The van der Waals surface area contributed by atoms with Crippen molar-refractivity contribution in [3.05, 3.63) is 35.3 Å². The fraction of sp³-hybridized carbons (Fsp3) is 0.421. The highest BCUT2D eigenvalue weighted by atomic mass is 32.1. The van der Waals surface area contributed by atoms with Crippen molar-refractivity contribution in [2.24, 2.45) is 5.92 Å². The van der Waals surface area contributed by atoms with Gasteiger partial charge in [-0.05, 0) is 51.0 Å². The number of hydrogen-bond donors (Lipinski definition) is 1. The molecule has 1 fully saturated rings. The summed E-state index contributed by atoms with van der Waals surface area (Å²) in [5.74, 6) is -0.729. The molecule has 1 aromatic carbocycles. The average Bonchev–Trinajstić information content (AvgIpc) is 3.11. The van der Waals surface area contributed by atoms with Gasteiger partial charge in [0.2, 0.25) is 0 Å². The third-order valence-corrected chi connectivity index (χ3v) is 5.15. The van der Waals surface area contributed by atoms with Crippen molar-refractivity contribution in [1.82, 2.24) is 9.88 Å². The van der Waals surface area contributed by atoms with Crippen LogP contribution in [0.4, 0.5) is 0 Å².